The highest BCUT2D eigenvalue weighted by Gasteiger charge is 2.14. The van der Waals surface area contributed by atoms with Gasteiger partial charge in [-0.05, 0) is 25.3 Å². The maximum absolute atomic E-state index is 5.63. The third-order valence-electron chi connectivity index (χ3n) is 2.86. The maximum atomic E-state index is 5.63. The van der Waals surface area contributed by atoms with Crippen LogP contribution in [0.5, 0.6) is 0 Å². The first-order valence-corrected chi connectivity index (χ1v) is 6.59. The second-order valence-corrected chi connectivity index (χ2v) is 4.93. The van der Waals surface area contributed by atoms with E-state index in [0.717, 1.165) is 18.5 Å². The lowest BCUT2D eigenvalue weighted by Crippen LogP contribution is -2.28. The fraction of sp³-hybridized carbons (Fsp3) is 0.308. The first kappa shape index (κ1) is 12.2. The summed E-state index contributed by atoms with van der Waals surface area (Å²) in [6, 6.07) is 10.7. The van der Waals surface area contributed by atoms with E-state index in [0.29, 0.717) is 0 Å². The minimum atomic E-state index is 0.197. The van der Waals surface area contributed by atoms with Crippen LogP contribution in [-0.4, -0.2) is 4.98 Å². The van der Waals surface area contributed by atoms with Gasteiger partial charge >= 0.3 is 0 Å². The maximum Gasteiger partial charge on any atom is 0.0798 e. The van der Waals surface area contributed by atoms with Gasteiger partial charge in [0.2, 0.25) is 0 Å². The Balaban J connectivity index is 2.00. The number of nitrogens with one attached hydrogen (secondary N) is 1. The summed E-state index contributed by atoms with van der Waals surface area (Å²) in [5.74, 6) is 5.63. The van der Waals surface area contributed by atoms with E-state index in [1.54, 1.807) is 11.3 Å². The molecule has 0 saturated carbocycles. The monoisotopic (exact) mass is 247 g/mol. The summed E-state index contributed by atoms with van der Waals surface area (Å²) in [5.41, 5.74) is 7.18. The number of nitrogens with two attached hydrogens (primary N) is 1. The van der Waals surface area contributed by atoms with Gasteiger partial charge in [-0.15, -0.1) is 11.3 Å². The number of hydrogen-bond donors (Lipinski definition) is 2. The van der Waals surface area contributed by atoms with Crippen molar-refractivity contribution in [1.82, 2.24) is 10.4 Å². The van der Waals surface area contributed by atoms with Gasteiger partial charge in [-0.1, -0.05) is 30.3 Å². The molecular weight excluding hydrogens is 230 g/mol. The van der Waals surface area contributed by atoms with Crippen LogP contribution in [0.25, 0.3) is 0 Å². The summed E-state index contributed by atoms with van der Waals surface area (Å²) < 4.78 is 0. The molecule has 0 saturated heterocycles. The molecule has 0 aliphatic carbocycles. The molecule has 4 heteroatoms. The molecule has 1 aromatic carbocycles. The first-order chi connectivity index (χ1) is 8.31. The lowest BCUT2D eigenvalue weighted by molar-refractivity contribution is 0.521. The summed E-state index contributed by atoms with van der Waals surface area (Å²) in [7, 11) is 0. The van der Waals surface area contributed by atoms with Gasteiger partial charge in [-0.25, -0.2) is 4.98 Å². The van der Waals surface area contributed by atoms with Crippen molar-refractivity contribution in [2.24, 2.45) is 5.84 Å². The molecule has 0 bridgehead atoms. The van der Waals surface area contributed by atoms with Gasteiger partial charge in [0.05, 0.1) is 17.2 Å². The zero-order valence-corrected chi connectivity index (χ0v) is 10.7. The molecule has 17 heavy (non-hydrogen) atoms. The highest BCUT2D eigenvalue weighted by molar-refractivity contribution is 7.09. The highest BCUT2D eigenvalue weighted by atomic mass is 32.1. The van der Waals surface area contributed by atoms with E-state index in [-0.39, 0.29) is 6.04 Å². The van der Waals surface area contributed by atoms with E-state index >= 15 is 0 Å². The van der Waals surface area contributed by atoms with Crippen molar-refractivity contribution in [3.63, 3.8) is 0 Å². The van der Waals surface area contributed by atoms with Gasteiger partial charge in [0.25, 0.3) is 0 Å². The number of hydrogen-bond acceptors (Lipinski definition) is 4. The lowest BCUT2D eigenvalue weighted by atomic mass is 10.0. The Bertz CT molecular complexity index is 453. The van der Waals surface area contributed by atoms with Crippen molar-refractivity contribution in [3.8, 4) is 0 Å². The molecular formula is C13H17N3S. The van der Waals surface area contributed by atoms with Crippen molar-refractivity contribution in [3.05, 3.63) is 52.0 Å². The average Bonchev–Trinajstić information content (AvgIpc) is 2.78. The molecule has 1 aromatic heterocycles. The van der Waals surface area contributed by atoms with Gasteiger partial charge in [0.1, 0.15) is 0 Å². The molecule has 90 valence electrons. The molecule has 2 aromatic rings. The predicted molar refractivity (Wildman–Crippen MR) is 71.7 cm³/mol. The molecule has 1 unspecified atom stereocenters. The van der Waals surface area contributed by atoms with Crippen molar-refractivity contribution in [2.45, 2.75) is 25.8 Å². The van der Waals surface area contributed by atoms with Crippen LogP contribution in [0.15, 0.2) is 35.8 Å². The van der Waals surface area contributed by atoms with Crippen molar-refractivity contribution < 1.29 is 0 Å². The normalized spacial score (nSPS) is 12.6. The van der Waals surface area contributed by atoms with Gasteiger partial charge in [0.15, 0.2) is 0 Å². The molecule has 0 fully saturated rings. The van der Waals surface area contributed by atoms with E-state index in [1.165, 1.54) is 10.4 Å². The fourth-order valence-corrected chi connectivity index (χ4v) is 2.79. The molecule has 2 rings (SSSR count). The quantitative estimate of drug-likeness (QED) is 0.630. The van der Waals surface area contributed by atoms with Gasteiger partial charge in [0, 0.05) is 4.88 Å². The van der Waals surface area contributed by atoms with Crippen LogP contribution in [0, 0.1) is 6.92 Å². The molecule has 0 aliphatic rings. The Morgan fingerprint density at radius 3 is 2.71 bits per heavy atom. The van der Waals surface area contributed by atoms with Crippen LogP contribution in [0.2, 0.25) is 0 Å². The van der Waals surface area contributed by atoms with Crippen LogP contribution in [0.1, 0.15) is 28.6 Å². The number of aryl methyl sites for hydroxylation is 2. The summed E-state index contributed by atoms with van der Waals surface area (Å²) in [5, 5.41) is 0. The summed E-state index contributed by atoms with van der Waals surface area (Å²) >= 11 is 1.66. The largest absolute Gasteiger partial charge is 0.271 e. The molecule has 3 nitrogen and oxygen atoms in total. The number of hydrazine groups is 1. The van der Waals surface area contributed by atoms with Crippen LogP contribution < -0.4 is 11.3 Å². The molecule has 0 radical (unpaired) electrons. The van der Waals surface area contributed by atoms with E-state index in [9.17, 15) is 0 Å². The number of nitrogens with zero attached hydrogens (tertiary/aromatic N) is 1. The average molecular weight is 247 g/mol. The number of thiazole rings is 1. The number of aromatic nitrogens is 1. The Morgan fingerprint density at radius 2 is 2.12 bits per heavy atom. The summed E-state index contributed by atoms with van der Waals surface area (Å²) in [6.07, 6.45) is 2.01. The Kier molecular flexibility index (Phi) is 4.25. The molecule has 3 N–H and O–H groups in total. The highest BCUT2D eigenvalue weighted by Crippen LogP contribution is 2.24. The number of benzene rings is 1. The van der Waals surface area contributed by atoms with Gasteiger partial charge < -0.3 is 0 Å². The number of rotatable bonds is 5. The standard InChI is InChI=1S/C13H17N3S/c1-10-13(17-9-15-10)12(16-14)8-7-11-5-3-2-4-6-11/h2-6,9,12,16H,7-8,14H2,1H3. The minimum absolute atomic E-state index is 0.197. The second-order valence-electron chi connectivity index (χ2n) is 4.05. The zero-order valence-electron chi connectivity index (χ0n) is 9.89. The van der Waals surface area contributed by atoms with E-state index in [2.05, 4.69) is 34.7 Å². The van der Waals surface area contributed by atoms with Crippen LogP contribution in [-0.2, 0) is 6.42 Å². The second kappa shape index (κ2) is 5.91. The fourth-order valence-electron chi connectivity index (χ4n) is 1.89. The van der Waals surface area contributed by atoms with E-state index < -0.39 is 0 Å². The predicted octanol–water partition coefficient (Wildman–Crippen LogP) is 2.59. The van der Waals surface area contributed by atoms with Crippen LogP contribution in [0.4, 0.5) is 0 Å². The first-order valence-electron chi connectivity index (χ1n) is 5.71. The zero-order chi connectivity index (χ0) is 12.1. The molecule has 0 spiro atoms. The molecule has 1 atom stereocenters. The third-order valence-corrected chi connectivity index (χ3v) is 3.91. The Labute approximate surface area is 106 Å². The smallest absolute Gasteiger partial charge is 0.0798 e. The Morgan fingerprint density at radius 1 is 1.35 bits per heavy atom. The van der Waals surface area contributed by atoms with E-state index in [4.69, 9.17) is 5.84 Å². The van der Waals surface area contributed by atoms with Crippen molar-refractivity contribution in [2.75, 3.05) is 0 Å². The van der Waals surface area contributed by atoms with Crippen LogP contribution in [0.3, 0.4) is 0 Å². The molecule has 0 amide bonds. The minimum Gasteiger partial charge on any atom is -0.271 e. The molecule has 1 heterocycles. The Hall–Kier alpha value is -1.23. The topological polar surface area (TPSA) is 50.9 Å². The summed E-state index contributed by atoms with van der Waals surface area (Å²) in [4.78, 5) is 5.50. The van der Waals surface area contributed by atoms with E-state index in [1.807, 2.05) is 18.5 Å². The van der Waals surface area contributed by atoms with Crippen LogP contribution >= 0.6 is 11.3 Å². The molecule has 0 aliphatic heterocycles. The summed E-state index contributed by atoms with van der Waals surface area (Å²) in [6.45, 7) is 2.03. The van der Waals surface area contributed by atoms with Crippen molar-refractivity contribution in [1.29, 1.82) is 0 Å². The third kappa shape index (κ3) is 3.12. The SMILES string of the molecule is Cc1ncsc1C(CCc1ccccc1)NN. The van der Waals surface area contributed by atoms with Gasteiger partial charge in [-0.2, -0.15) is 0 Å². The lowest BCUT2D eigenvalue weighted by Gasteiger charge is -2.14. The van der Waals surface area contributed by atoms with Gasteiger partial charge in [-0.3, -0.25) is 11.3 Å². The van der Waals surface area contributed by atoms with Crippen molar-refractivity contribution >= 4 is 11.3 Å².